The Bertz CT molecular complexity index is 373. The van der Waals surface area contributed by atoms with Gasteiger partial charge in [0, 0.05) is 0 Å². The topological polar surface area (TPSA) is 0 Å². The lowest BCUT2D eigenvalue weighted by Crippen LogP contribution is -2.01. The Morgan fingerprint density at radius 2 is 2.07 bits per heavy atom. The van der Waals surface area contributed by atoms with Gasteiger partial charge < -0.3 is 0 Å². The van der Waals surface area contributed by atoms with Crippen LogP contribution in [0.1, 0.15) is 33.6 Å². The molecule has 15 heavy (non-hydrogen) atoms. The van der Waals surface area contributed by atoms with Gasteiger partial charge in [-0.05, 0) is 50.3 Å². The van der Waals surface area contributed by atoms with Crippen LogP contribution in [0.4, 0.5) is 0 Å². The van der Waals surface area contributed by atoms with E-state index in [-0.39, 0.29) is 0 Å². The van der Waals surface area contributed by atoms with Crippen LogP contribution in [0.2, 0.25) is 0 Å². The first kappa shape index (κ1) is 11.8. The first-order valence-corrected chi connectivity index (χ1v) is 5.47. The summed E-state index contributed by atoms with van der Waals surface area (Å²) in [7, 11) is 0. The van der Waals surface area contributed by atoms with E-state index in [1.54, 1.807) is 0 Å². The summed E-state index contributed by atoms with van der Waals surface area (Å²) in [6, 6.07) is 0. The highest BCUT2D eigenvalue weighted by Crippen LogP contribution is 2.33. The van der Waals surface area contributed by atoms with E-state index in [9.17, 15) is 0 Å². The van der Waals surface area contributed by atoms with Gasteiger partial charge in [0.25, 0.3) is 0 Å². The van der Waals surface area contributed by atoms with Crippen molar-refractivity contribution in [2.75, 3.05) is 0 Å². The largest absolute Gasteiger partial charge is 0.0984 e. The van der Waals surface area contributed by atoms with Gasteiger partial charge in [-0.3, -0.25) is 0 Å². The normalized spacial score (nSPS) is 17.5. The lowest BCUT2D eigenvalue weighted by Gasteiger charge is -2.20. The quantitative estimate of drug-likeness (QED) is 0.617. The second kappa shape index (κ2) is 4.97. The van der Waals surface area contributed by atoms with Crippen LogP contribution in [0.3, 0.4) is 0 Å². The van der Waals surface area contributed by atoms with Crippen LogP contribution in [-0.4, -0.2) is 0 Å². The maximum absolute atomic E-state index is 4.03. The maximum Gasteiger partial charge on any atom is -0.0156 e. The Hall–Kier alpha value is -1.30. The third-order valence-corrected chi connectivity index (χ3v) is 2.93. The van der Waals surface area contributed by atoms with E-state index in [4.69, 9.17) is 0 Å². The summed E-state index contributed by atoms with van der Waals surface area (Å²) < 4.78 is 0. The molecule has 0 heteroatoms. The van der Waals surface area contributed by atoms with E-state index in [0.29, 0.717) is 0 Å². The molecule has 0 saturated carbocycles. The number of allylic oxidation sites excluding steroid dienone is 8. The Kier molecular flexibility index (Phi) is 3.90. The van der Waals surface area contributed by atoms with E-state index in [2.05, 4.69) is 46.1 Å². The molecule has 0 spiro atoms. The molecule has 0 N–H and O–H groups in total. The van der Waals surface area contributed by atoms with Gasteiger partial charge in [-0.25, -0.2) is 0 Å². The smallest absolute Gasteiger partial charge is 0.0156 e. The van der Waals surface area contributed by atoms with Crippen molar-refractivity contribution in [1.82, 2.24) is 0 Å². The molecule has 80 valence electrons. The molecular formula is C15H20. The summed E-state index contributed by atoms with van der Waals surface area (Å²) in [5.41, 5.74) is 6.45. The van der Waals surface area contributed by atoms with Crippen molar-refractivity contribution in [3.05, 3.63) is 59.3 Å². The van der Waals surface area contributed by atoms with Gasteiger partial charge in [0.2, 0.25) is 0 Å². The van der Waals surface area contributed by atoms with E-state index >= 15 is 0 Å². The number of hydrogen-bond donors (Lipinski definition) is 0. The second-order valence-electron chi connectivity index (χ2n) is 4.00. The minimum atomic E-state index is 1.11. The first-order chi connectivity index (χ1) is 7.11. The highest BCUT2D eigenvalue weighted by molar-refractivity contribution is 5.57. The number of hydrogen-bond acceptors (Lipinski definition) is 0. The first-order valence-electron chi connectivity index (χ1n) is 5.47. The van der Waals surface area contributed by atoms with E-state index in [1.165, 1.54) is 22.3 Å². The standard InChI is InChI=1S/C15H20/c1-6-12(5)15-10-8-9-14(11(3)4)13(15)7-2/h6-7,9H,2-3,8,10H2,1,4-5H3/b12-6-. The van der Waals surface area contributed by atoms with Crippen LogP contribution < -0.4 is 0 Å². The Morgan fingerprint density at radius 3 is 2.53 bits per heavy atom. The molecule has 0 saturated heterocycles. The van der Waals surface area contributed by atoms with Crippen molar-refractivity contribution in [3.63, 3.8) is 0 Å². The average Bonchev–Trinajstić information content (AvgIpc) is 2.26. The van der Waals surface area contributed by atoms with Crippen LogP contribution in [0.25, 0.3) is 0 Å². The van der Waals surface area contributed by atoms with Crippen LogP contribution in [0, 0.1) is 0 Å². The molecule has 0 bridgehead atoms. The van der Waals surface area contributed by atoms with Crippen molar-refractivity contribution in [2.45, 2.75) is 33.6 Å². The summed E-state index contributed by atoms with van der Waals surface area (Å²) in [5.74, 6) is 0. The molecule has 0 fully saturated rings. The Balaban J connectivity index is 3.27. The Labute approximate surface area is 93.4 Å². The molecule has 0 nitrogen and oxygen atoms in total. The van der Waals surface area contributed by atoms with Crippen LogP contribution in [0.5, 0.6) is 0 Å². The summed E-state index contributed by atoms with van der Waals surface area (Å²) >= 11 is 0. The maximum atomic E-state index is 4.03. The third-order valence-electron chi connectivity index (χ3n) is 2.93. The van der Waals surface area contributed by atoms with Crippen LogP contribution in [-0.2, 0) is 0 Å². The summed E-state index contributed by atoms with van der Waals surface area (Å²) in [6.07, 6.45) is 8.63. The molecule has 1 aliphatic carbocycles. The van der Waals surface area contributed by atoms with Crippen LogP contribution >= 0.6 is 0 Å². The highest BCUT2D eigenvalue weighted by atomic mass is 14.2. The van der Waals surface area contributed by atoms with Crippen molar-refractivity contribution in [1.29, 1.82) is 0 Å². The molecule has 1 rings (SSSR count). The van der Waals surface area contributed by atoms with Gasteiger partial charge in [-0.2, -0.15) is 0 Å². The fraction of sp³-hybridized carbons (Fsp3) is 0.333. The lowest BCUT2D eigenvalue weighted by atomic mass is 9.84. The van der Waals surface area contributed by atoms with E-state index in [1.807, 2.05) is 6.08 Å². The molecule has 0 unspecified atom stereocenters. The zero-order valence-corrected chi connectivity index (χ0v) is 10.1. The molecule has 0 radical (unpaired) electrons. The Morgan fingerprint density at radius 1 is 1.40 bits per heavy atom. The van der Waals surface area contributed by atoms with E-state index < -0.39 is 0 Å². The van der Waals surface area contributed by atoms with Crippen molar-refractivity contribution in [2.24, 2.45) is 0 Å². The van der Waals surface area contributed by atoms with Gasteiger partial charge in [-0.1, -0.05) is 42.5 Å². The van der Waals surface area contributed by atoms with Gasteiger partial charge in [0.05, 0.1) is 0 Å². The molecule has 0 amide bonds. The molecule has 0 aromatic heterocycles. The SMILES string of the molecule is C=CC1=C(/C(C)=C\C)CCC=C1C(=C)C. The number of rotatable bonds is 3. The van der Waals surface area contributed by atoms with Gasteiger partial charge in [-0.15, -0.1) is 0 Å². The predicted octanol–water partition coefficient (Wildman–Crippen LogP) is 4.73. The molecule has 0 heterocycles. The second-order valence-corrected chi connectivity index (χ2v) is 4.00. The molecule has 0 aliphatic heterocycles. The third kappa shape index (κ3) is 2.38. The molecule has 1 aliphatic rings. The van der Waals surface area contributed by atoms with Gasteiger partial charge in [0.15, 0.2) is 0 Å². The van der Waals surface area contributed by atoms with Gasteiger partial charge >= 0.3 is 0 Å². The minimum Gasteiger partial charge on any atom is -0.0984 e. The fourth-order valence-electron chi connectivity index (χ4n) is 1.99. The summed E-state index contributed by atoms with van der Waals surface area (Å²) in [6.45, 7) is 14.3. The van der Waals surface area contributed by atoms with Crippen molar-refractivity contribution in [3.8, 4) is 0 Å². The molecular weight excluding hydrogens is 180 g/mol. The minimum absolute atomic E-state index is 1.11. The van der Waals surface area contributed by atoms with Crippen LogP contribution in [0.15, 0.2) is 59.3 Å². The lowest BCUT2D eigenvalue weighted by molar-refractivity contribution is 0.938. The van der Waals surface area contributed by atoms with Gasteiger partial charge in [0.1, 0.15) is 0 Å². The van der Waals surface area contributed by atoms with Crippen molar-refractivity contribution >= 4 is 0 Å². The highest BCUT2D eigenvalue weighted by Gasteiger charge is 2.14. The summed E-state index contributed by atoms with van der Waals surface area (Å²) in [4.78, 5) is 0. The molecule has 0 aromatic carbocycles. The zero-order valence-electron chi connectivity index (χ0n) is 10.1. The molecule has 0 atom stereocenters. The zero-order chi connectivity index (χ0) is 11.4. The molecule has 0 aromatic rings. The average molecular weight is 200 g/mol. The fourth-order valence-corrected chi connectivity index (χ4v) is 1.99. The van der Waals surface area contributed by atoms with E-state index in [0.717, 1.165) is 18.4 Å². The summed E-state index contributed by atoms with van der Waals surface area (Å²) in [5, 5.41) is 0. The predicted molar refractivity (Wildman–Crippen MR) is 68.8 cm³/mol. The van der Waals surface area contributed by atoms with Crippen molar-refractivity contribution < 1.29 is 0 Å². The monoisotopic (exact) mass is 200 g/mol.